The first-order valence-electron chi connectivity index (χ1n) is 10.1. The van der Waals surface area contributed by atoms with Gasteiger partial charge in [0.1, 0.15) is 0 Å². The van der Waals surface area contributed by atoms with Crippen LogP contribution in [0.3, 0.4) is 0 Å². The zero-order valence-corrected chi connectivity index (χ0v) is 15.2. The molecule has 0 saturated heterocycles. The second kappa shape index (κ2) is 8.18. The molecule has 0 N–H and O–H groups in total. The molecule has 3 rings (SSSR count). The Balaban J connectivity index is 1.59. The normalized spacial score (nSPS) is 28.4. The fourth-order valence-electron chi connectivity index (χ4n) is 4.68. The summed E-state index contributed by atoms with van der Waals surface area (Å²) in [6.45, 7) is 4.65. The summed E-state index contributed by atoms with van der Waals surface area (Å²) in [5.74, 6) is 2.76. The zero-order chi connectivity index (χ0) is 16.1. The van der Waals surface area contributed by atoms with E-state index in [0.29, 0.717) is 0 Å². The third-order valence-corrected chi connectivity index (χ3v) is 6.39. The fraction of sp³-hybridized carbons (Fsp3) is 0.652. The molecule has 0 radical (unpaired) electrons. The molecule has 1 unspecified atom stereocenters. The second-order valence-electron chi connectivity index (χ2n) is 7.91. The highest BCUT2D eigenvalue weighted by atomic mass is 14.3. The summed E-state index contributed by atoms with van der Waals surface area (Å²) in [4.78, 5) is 0. The monoisotopic (exact) mass is 310 g/mol. The van der Waals surface area contributed by atoms with Gasteiger partial charge in [-0.05, 0) is 79.4 Å². The van der Waals surface area contributed by atoms with Gasteiger partial charge in [-0.1, -0.05) is 63.5 Å². The molecule has 0 spiro atoms. The Morgan fingerprint density at radius 3 is 2.17 bits per heavy atom. The lowest BCUT2D eigenvalue weighted by molar-refractivity contribution is 0.308. The highest BCUT2D eigenvalue weighted by molar-refractivity contribution is 5.66. The minimum atomic E-state index is 0.821. The molecule has 23 heavy (non-hydrogen) atoms. The van der Waals surface area contributed by atoms with E-state index < -0.39 is 0 Å². The van der Waals surface area contributed by atoms with Crippen LogP contribution in [0.15, 0.2) is 30.3 Å². The first kappa shape index (κ1) is 16.8. The molecule has 126 valence electrons. The van der Waals surface area contributed by atoms with Gasteiger partial charge in [0.05, 0.1) is 0 Å². The van der Waals surface area contributed by atoms with Crippen molar-refractivity contribution in [3.63, 3.8) is 0 Å². The highest BCUT2D eigenvalue weighted by Crippen LogP contribution is 2.38. The van der Waals surface area contributed by atoms with Crippen molar-refractivity contribution >= 4 is 5.57 Å². The van der Waals surface area contributed by atoms with E-state index in [4.69, 9.17) is 0 Å². The van der Waals surface area contributed by atoms with Crippen molar-refractivity contribution in [3.8, 4) is 0 Å². The maximum atomic E-state index is 2.50. The van der Waals surface area contributed by atoms with E-state index in [1.165, 1.54) is 69.8 Å². The van der Waals surface area contributed by atoms with Crippen LogP contribution in [0.1, 0.15) is 95.1 Å². The highest BCUT2D eigenvalue weighted by Gasteiger charge is 2.22. The van der Waals surface area contributed by atoms with Gasteiger partial charge in [0.2, 0.25) is 0 Å². The largest absolute Gasteiger partial charge is 0.0804 e. The zero-order valence-electron chi connectivity index (χ0n) is 15.2. The van der Waals surface area contributed by atoms with Crippen molar-refractivity contribution in [2.24, 2.45) is 11.8 Å². The van der Waals surface area contributed by atoms with Crippen molar-refractivity contribution < 1.29 is 0 Å². The Bertz CT molecular complexity index is 499. The van der Waals surface area contributed by atoms with Gasteiger partial charge in [-0.15, -0.1) is 0 Å². The van der Waals surface area contributed by atoms with Gasteiger partial charge in [0, 0.05) is 0 Å². The molecule has 1 atom stereocenters. The molecule has 1 saturated carbocycles. The van der Waals surface area contributed by atoms with E-state index in [-0.39, 0.29) is 0 Å². The molecular weight excluding hydrogens is 276 g/mol. The number of rotatable bonds is 5. The van der Waals surface area contributed by atoms with Gasteiger partial charge in [-0.3, -0.25) is 0 Å². The van der Waals surface area contributed by atoms with Crippen LogP contribution in [0, 0.1) is 11.8 Å². The first-order valence-corrected chi connectivity index (χ1v) is 10.1. The topological polar surface area (TPSA) is 0 Å². The minimum Gasteiger partial charge on any atom is -0.0804 e. The van der Waals surface area contributed by atoms with Crippen molar-refractivity contribution in [1.29, 1.82) is 0 Å². The molecule has 2 aliphatic rings. The lowest BCUT2D eigenvalue weighted by Gasteiger charge is -2.29. The van der Waals surface area contributed by atoms with Crippen LogP contribution in [0.25, 0.3) is 5.57 Å². The van der Waals surface area contributed by atoms with Gasteiger partial charge < -0.3 is 0 Å². The van der Waals surface area contributed by atoms with Crippen LogP contribution in [-0.2, 0) is 0 Å². The van der Waals surface area contributed by atoms with Gasteiger partial charge in [-0.2, -0.15) is 0 Å². The van der Waals surface area contributed by atoms with E-state index in [9.17, 15) is 0 Å². The van der Waals surface area contributed by atoms with Gasteiger partial charge in [0.25, 0.3) is 0 Å². The van der Waals surface area contributed by atoms with Crippen molar-refractivity contribution in [3.05, 3.63) is 41.5 Å². The number of hydrogen-bond acceptors (Lipinski definition) is 0. The van der Waals surface area contributed by atoms with E-state index in [0.717, 1.165) is 17.8 Å². The standard InChI is InChI=1S/C23H34/c1-3-5-19-8-12-21(13-9-19)23-16-14-22(15-17-23)20-10-6-18(4-2)7-11-20/h10,14-19,21H,3-9,11-13H2,1-2H3. The molecule has 0 heterocycles. The Labute approximate surface area is 143 Å². The maximum Gasteiger partial charge on any atom is -0.0162 e. The van der Waals surface area contributed by atoms with Crippen molar-refractivity contribution in [2.75, 3.05) is 0 Å². The number of allylic oxidation sites excluding steroid dienone is 2. The van der Waals surface area contributed by atoms with Crippen LogP contribution < -0.4 is 0 Å². The van der Waals surface area contributed by atoms with Crippen LogP contribution in [0.2, 0.25) is 0 Å². The summed E-state index contributed by atoms with van der Waals surface area (Å²) in [6.07, 6.45) is 16.3. The molecule has 2 aliphatic carbocycles. The predicted molar refractivity (Wildman–Crippen MR) is 102 cm³/mol. The molecule has 0 aliphatic heterocycles. The summed E-state index contributed by atoms with van der Waals surface area (Å²) >= 11 is 0. The first-order chi connectivity index (χ1) is 11.3. The second-order valence-corrected chi connectivity index (χ2v) is 7.91. The third-order valence-electron chi connectivity index (χ3n) is 6.39. The van der Waals surface area contributed by atoms with Crippen molar-refractivity contribution in [1.82, 2.24) is 0 Å². The summed E-state index contributed by atoms with van der Waals surface area (Å²) in [6, 6.07) is 9.64. The van der Waals surface area contributed by atoms with Crippen LogP contribution >= 0.6 is 0 Å². The van der Waals surface area contributed by atoms with E-state index in [1.54, 1.807) is 11.1 Å². The molecular formula is C23H34. The Hall–Kier alpha value is -1.04. The van der Waals surface area contributed by atoms with Crippen LogP contribution in [-0.4, -0.2) is 0 Å². The molecule has 0 aromatic heterocycles. The molecule has 0 amide bonds. The SMILES string of the molecule is CCCC1CCC(c2ccc(C3=CCC(CC)CC3)cc2)CC1. The average Bonchev–Trinajstić information content (AvgIpc) is 2.63. The predicted octanol–water partition coefficient (Wildman–Crippen LogP) is 7.35. The average molecular weight is 311 g/mol. The van der Waals surface area contributed by atoms with E-state index >= 15 is 0 Å². The van der Waals surface area contributed by atoms with Crippen LogP contribution in [0.5, 0.6) is 0 Å². The Kier molecular flexibility index (Phi) is 5.97. The molecule has 1 aromatic rings. The van der Waals surface area contributed by atoms with E-state index in [1.807, 2.05) is 0 Å². The summed E-state index contributed by atoms with van der Waals surface area (Å²) in [5, 5.41) is 0. The summed E-state index contributed by atoms with van der Waals surface area (Å²) < 4.78 is 0. The molecule has 0 nitrogen and oxygen atoms in total. The Morgan fingerprint density at radius 1 is 0.870 bits per heavy atom. The van der Waals surface area contributed by atoms with Gasteiger partial charge >= 0.3 is 0 Å². The molecule has 0 bridgehead atoms. The lowest BCUT2D eigenvalue weighted by atomic mass is 9.77. The van der Waals surface area contributed by atoms with Gasteiger partial charge in [0.15, 0.2) is 0 Å². The number of hydrogen-bond donors (Lipinski definition) is 0. The van der Waals surface area contributed by atoms with E-state index in [2.05, 4.69) is 44.2 Å². The molecule has 0 heteroatoms. The Morgan fingerprint density at radius 2 is 1.61 bits per heavy atom. The lowest BCUT2D eigenvalue weighted by Crippen LogP contribution is -2.13. The smallest absolute Gasteiger partial charge is 0.0162 e. The molecule has 1 aromatic carbocycles. The van der Waals surface area contributed by atoms with Crippen molar-refractivity contribution in [2.45, 2.75) is 84.0 Å². The summed E-state index contributed by atoms with van der Waals surface area (Å²) in [7, 11) is 0. The minimum absolute atomic E-state index is 0.821. The van der Waals surface area contributed by atoms with Gasteiger partial charge in [-0.25, -0.2) is 0 Å². The van der Waals surface area contributed by atoms with Crippen LogP contribution in [0.4, 0.5) is 0 Å². The quantitative estimate of drug-likeness (QED) is 0.533. The molecule has 1 fully saturated rings. The third kappa shape index (κ3) is 4.28. The fourth-order valence-corrected chi connectivity index (χ4v) is 4.68. The number of benzene rings is 1. The summed E-state index contributed by atoms with van der Waals surface area (Å²) in [5.41, 5.74) is 4.66. The maximum absolute atomic E-state index is 2.50.